The standard InChI is InChI=1S/C16H14N2OS/c17-15(20)12-5-7-13(8-6-12)16(19)18-10-9-11-3-1-2-4-14(11)18/h1-8H,9-10H2,(H2,17,20). The van der Waals surface area contributed by atoms with Crippen LogP contribution in [0.15, 0.2) is 48.5 Å². The van der Waals surface area contributed by atoms with E-state index in [1.54, 1.807) is 24.3 Å². The number of rotatable bonds is 2. The predicted molar refractivity (Wildman–Crippen MR) is 84.2 cm³/mol. The molecule has 0 fully saturated rings. The molecule has 4 heteroatoms. The van der Waals surface area contributed by atoms with Crippen LogP contribution in [0.3, 0.4) is 0 Å². The number of para-hydroxylation sites is 1. The van der Waals surface area contributed by atoms with Crippen LogP contribution in [-0.2, 0) is 6.42 Å². The largest absolute Gasteiger partial charge is 0.389 e. The molecule has 1 heterocycles. The summed E-state index contributed by atoms with van der Waals surface area (Å²) in [7, 11) is 0. The van der Waals surface area contributed by atoms with Gasteiger partial charge in [0.2, 0.25) is 0 Å². The summed E-state index contributed by atoms with van der Waals surface area (Å²) in [6.07, 6.45) is 0.910. The van der Waals surface area contributed by atoms with Gasteiger partial charge in [-0.15, -0.1) is 0 Å². The second-order valence-corrected chi connectivity index (χ2v) is 5.22. The van der Waals surface area contributed by atoms with Crippen molar-refractivity contribution in [3.8, 4) is 0 Å². The molecule has 3 rings (SSSR count). The molecule has 20 heavy (non-hydrogen) atoms. The average Bonchev–Trinajstić information content (AvgIpc) is 2.90. The van der Waals surface area contributed by atoms with E-state index in [1.165, 1.54) is 5.56 Å². The molecule has 3 nitrogen and oxygen atoms in total. The normalized spacial score (nSPS) is 13.1. The fourth-order valence-electron chi connectivity index (χ4n) is 2.48. The lowest BCUT2D eigenvalue weighted by atomic mass is 10.1. The maximum absolute atomic E-state index is 12.6. The average molecular weight is 282 g/mol. The molecule has 2 aromatic rings. The first-order valence-corrected chi connectivity index (χ1v) is 6.87. The van der Waals surface area contributed by atoms with Crippen LogP contribution in [0.25, 0.3) is 0 Å². The lowest BCUT2D eigenvalue weighted by Gasteiger charge is -2.17. The van der Waals surface area contributed by atoms with Crippen molar-refractivity contribution in [2.45, 2.75) is 6.42 Å². The Morgan fingerprint density at radius 3 is 2.40 bits per heavy atom. The molecule has 0 bridgehead atoms. The van der Waals surface area contributed by atoms with E-state index in [9.17, 15) is 4.79 Å². The lowest BCUT2D eigenvalue weighted by Crippen LogP contribution is -2.28. The van der Waals surface area contributed by atoms with Crippen LogP contribution in [-0.4, -0.2) is 17.4 Å². The quantitative estimate of drug-likeness (QED) is 0.861. The van der Waals surface area contributed by atoms with Gasteiger partial charge >= 0.3 is 0 Å². The summed E-state index contributed by atoms with van der Waals surface area (Å²) in [4.78, 5) is 14.7. The summed E-state index contributed by atoms with van der Waals surface area (Å²) in [5.41, 5.74) is 9.22. The summed E-state index contributed by atoms with van der Waals surface area (Å²) >= 11 is 4.91. The highest BCUT2D eigenvalue weighted by atomic mass is 32.1. The number of hydrogen-bond acceptors (Lipinski definition) is 2. The molecule has 0 atom stereocenters. The predicted octanol–water partition coefficient (Wildman–Crippen LogP) is 2.52. The number of nitrogens with two attached hydrogens (primary N) is 1. The Morgan fingerprint density at radius 2 is 1.70 bits per heavy atom. The summed E-state index contributed by atoms with van der Waals surface area (Å²) in [5.74, 6) is 0.0180. The lowest BCUT2D eigenvalue weighted by molar-refractivity contribution is 0.0989. The summed E-state index contributed by atoms with van der Waals surface area (Å²) < 4.78 is 0. The Balaban J connectivity index is 1.89. The van der Waals surface area contributed by atoms with E-state index in [-0.39, 0.29) is 5.91 Å². The van der Waals surface area contributed by atoms with Gasteiger partial charge in [0.1, 0.15) is 4.99 Å². The molecule has 0 aromatic heterocycles. The minimum absolute atomic E-state index is 0.0180. The smallest absolute Gasteiger partial charge is 0.258 e. The zero-order valence-corrected chi connectivity index (χ0v) is 11.7. The molecule has 1 aliphatic heterocycles. The molecule has 100 valence electrons. The third-order valence-corrected chi connectivity index (χ3v) is 3.78. The van der Waals surface area contributed by atoms with Crippen molar-refractivity contribution in [2.24, 2.45) is 5.73 Å². The van der Waals surface area contributed by atoms with Crippen LogP contribution in [0, 0.1) is 0 Å². The highest BCUT2D eigenvalue weighted by molar-refractivity contribution is 7.80. The maximum Gasteiger partial charge on any atom is 0.258 e. The van der Waals surface area contributed by atoms with Gasteiger partial charge in [0.25, 0.3) is 5.91 Å². The number of anilines is 1. The molecule has 0 spiro atoms. The van der Waals surface area contributed by atoms with Gasteiger partial charge in [-0.1, -0.05) is 42.5 Å². The third-order valence-electron chi connectivity index (χ3n) is 3.55. The molecule has 1 amide bonds. The first-order valence-electron chi connectivity index (χ1n) is 6.46. The van der Waals surface area contributed by atoms with Gasteiger partial charge in [0.15, 0.2) is 0 Å². The highest BCUT2D eigenvalue weighted by Crippen LogP contribution is 2.28. The number of fused-ring (bicyclic) bond motifs is 1. The number of nitrogens with zero attached hydrogens (tertiary/aromatic N) is 1. The van der Waals surface area contributed by atoms with Crippen LogP contribution in [0.5, 0.6) is 0 Å². The minimum atomic E-state index is 0.0180. The monoisotopic (exact) mass is 282 g/mol. The van der Waals surface area contributed by atoms with Crippen molar-refractivity contribution < 1.29 is 4.79 Å². The third kappa shape index (κ3) is 2.18. The van der Waals surface area contributed by atoms with Gasteiger partial charge < -0.3 is 10.6 Å². The molecule has 2 N–H and O–H groups in total. The number of carbonyl (C=O) groups is 1. The van der Waals surface area contributed by atoms with Crippen molar-refractivity contribution in [3.63, 3.8) is 0 Å². The molecule has 0 saturated heterocycles. The Hall–Kier alpha value is -2.20. The Bertz CT molecular complexity index is 679. The minimum Gasteiger partial charge on any atom is -0.389 e. The van der Waals surface area contributed by atoms with E-state index < -0.39 is 0 Å². The number of carbonyl (C=O) groups excluding carboxylic acids is 1. The summed E-state index contributed by atoms with van der Waals surface area (Å²) in [6, 6.07) is 15.1. The van der Waals surface area contributed by atoms with Crippen LogP contribution in [0.1, 0.15) is 21.5 Å². The summed E-state index contributed by atoms with van der Waals surface area (Å²) in [6.45, 7) is 0.731. The highest BCUT2D eigenvalue weighted by Gasteiger charge is 2.24. The van der Waals surface area contributed by atoms with Crippen molar-refractivity contribution >= 4 is 28.8 Å². The second kappa shape index (κ2) is 5.06. The zero-order chi connectivity index (χ0) is 14.1. The van der Waals surface area contributed by atoms with Crippen molar-refractivity contribution in [1.29, 1.82) is 0 Å². The van der Waals surface area contributed by atoms with Crippen molar-refractivity contribution in [2.75, 3.05) is 11.4 Å². The van der Waals surface area contributed by atoms with E-state index in [1.807, 2.05) is 23.1 Å². The molecule has 0 saturated carbocycles. The Kier molecular flexibility index (Phi) is 3.24. The molecule has 0 aliphatic carbocycles. The van der Waals surface area contributed by atoms with Crippen molar-refractivity contribution in [3.05, 3.63) is 65.2 Å². The SMILES string of the molecule is NC(=S)c1ccc(C(=O)N2CCc3ccccc32)cc1. The zero-order valence-electron chi connectivity index (χ0n) is 10.9. The van der Waals surface area contributed by atoms with Crippen LogP contribution >= 0.6 is 12.2 Å². The van der Waals surface area contributed by atoms with Crippen LogP contribution in [0.4, 0.5) is 5.69 Å². The molecule has 0 unspecified atom stereocenters. The second-order valence-electron chi connectivity index (χ2n) is 4.78. The van der Waals surface area contributed by atoms with Gasteiger partial charge in [0, 0.05) is 23.4 Å². The molecule has 0 radical (unpaired) electrons. The van der Waals surface area contributed by atoms with Crippen molar-refractivity contribution in [1.82, 2.24) is 0 Å². The summed E-state index contributed by atoms with van der Waals surface area (Å²) in [5, 5.41) is 0. The number of thiocarbonyl (C=S) groups is 1. The van der Waals surface area contributed by atoms with Crippen LogP contribution in [0.2, 0.25) is 0 Å². The van der Waals surface area contributed by atoms with E-state index in [2.05, 4.69) is 6.07 Å². The topological polar surface area (TPSA) is 46.3 Å². The number of benzene rings is 2. The van der Waals surface area contributed by atoms with Gasteiger partial charge in [0.05, 0.1) is 0 Å². The van der Waals surface area contributed by atoms with E-state index in [4.69, 9.17) is 18.0 Å². The van der Waals surface area contributed by atoms with Crippen LogP contribution < -0.4 is 10.6 Å². The van der Waals surface area contributed by atoms with Gasteiger partial charge in [-0.2, -0.15) is 0 Å². The fourth-order valence-corrected chi connectivity index (χ4v) is 2.62. The molecular formula is C16H14N2OS. The van der Waals surface area contributed by atoms with Gasteiger partial charge in [-0.3, -0.25) is 4.79 Å². The number of hydrogen-bond donors (Lipinski definition) is 1. The van der Waals surface area contributed by atoms with Gasteiger partial charge in [-0.25, -0.2) is 0 Å². The Labute approximate surface area is 123 Å². The first kappa shape index (κ1) is 12.8. The van der Waals surface area contributed by atoms with Gasteiger partial charge in [-0.05, 0) is 30.2 Å². The molecule has 2 aromatic carbocycles. The molecular weight excluding hydrogens is 268 g/mol. The van der Waals surface area contributed by atoms with E-state index >= 15 is 0 Å². The fraction of sp³-hybridized carbons (Fsp3) is 0.125. The molecule has 1 aliphatic rings. The number of amides is 1. The first-order chi connectivity index (χ1) is 9.66. The van der Waals surface area contributed by atoms with E-state index in [0.29, 0.717) is 10.6 Å². The Morgan fingerprint density at radius 1 is 1.05 bits per heavy atom. The maximum atomic E-state index is 12.6. The van der Waals surface area contributed by atoms with E-state index in [0.717, 1.165) is 24.2 Å².